The van der Waals surface area contributed by atoms with Gasteiger partial charge in [0, 0.05) is 33.1 Å². The molecule has 1 saturated heterocycles. The van der Waals surface area contributed by atoms with Crippen LogP contribution in [0.1, 0.15) is 18.2 Å². The number of hydrogen-bond acceptors (Lipinski definition) is 5. The first kappa shape index (κ1) is 13.3. The molecule has 0 aromatic heterocycles. The van der Waals surface area contributed by atoms with Crippen molar-refractivity contribution in [3.05, 3.63) is 33.9 Å². The highest BCUT2D eigenvalue weighted by Gasteiger charge is 2.23. The summed E-state index contributed by atoms with van der Waals surface area (Å²) in [5, 5.41) is 17.0. The number of nitrogens with one attached hydrogen (secondary N) is 2. The van der Waals surface area contributed by atoms with Crippen molar-refractivity contribution in [2.24, 2.45) is 0 Å². The van der Waals surface area contributed by atoms with Crippen molar-refractivity contribution in [1.82, 2.24) is 10.6 Å². The first-order valence-corrected chi connectivity index (χ1v) is 5.97. The van der Waals surface area contributed by atoms with Crippen LogP contribution in [0.2, 0.25) is 0 Å². The molecule has 1 aromatic rings. The van der Waals surface area contributed by atoms with Gasteiger partial charge < -0.3 is 10.2 Å². The Balaban J connectivity index is 2.35. The van der Waals surface area contributed by atoms with Crippen LogP contribution >= 0.6 is 0 Å². The van der Waals surface area contributed by atoms with Gasteiger partial charge in [0.05, 0.1) is 4.92 Å². The van der Waals surface area contributed by atoms with E-state index in [4.69, 9.17) is 0 Å². The number of rotatable bonds is 3. The van der Waals surface area contributed by atoms with Crippen molar-refractivity contribution >= 4 is 17.3 Å². The second kappa shape index (κ2) is 5.23. The zero-order chi connectivity index (χ0) is 14.0. The maximum absolute atomic E-state index is 11.3. The number of nitro groups is 1. The van der Waals surface area contributed by atoms with Crippen LogP contribution in [0.4, 0.5) is 11.4 Å². The summed E-state index contributed by atoms with van der Waals surface area (Å²) in [5.74, 6) is -0.0527. The van der Waals surface area contributed by atoms with Gasteiger partial charge in [0.2, 0.25) is 5.91 Å². The third kappa shape index (κ3) is 2.82. The Bertz CT molecular complexity index is 516. The normalized spacial score (nSPS) is 18.8. The molecular weight excluding hydrogens is 248 g/mol. The fourth-order valence-corrected chi connectivity index (χ4v) is 2.06. The van der Waals surface area contributed by atoms with Crippen LogP contribution in [0.5, 0.6) is 0 Å². The van der Waals surface area contributed by atoms with Crippen molar-refractivity contribution in [1.29, 1.82) is 0 Å². The highest BCUT2D eigenvalue weighted by atomic mass is 16.6. The number of amides is 1. The number of nitro benzene ring substituents is 1. The molecule has 1 heterocycles. The van der Waals surface area contributed by atoms with Gasteiger partial charge in [-0.05, 0) is 11.6 Å². The van der Waals surface area contributed by atoms with E-state index in [2.05, 4.69) is 10.6 Å². The fourth-order valence-electron chi connectivity index (χ4n) is 2.06. The summed E-state index contributed by atoms with van der Waals surface area (Å²) >= 11 is 0. The molecule has 1 atom stereocenters. The molecular formula is C12H16N4O3. The summed E-state index contributed by atoms with van der Waals surface area (Å²) < 4.78 is 0. The number of hydrogen-bond donors (Lipinski definition) is 2. The molecule has 1 aliphatic rings. The van der Waals surface area contributed by atoms with Crippen LogP contribution in [0.3, 0.4) is 0 Å². The Kier molecular flexibility index (Phi) is 3.66. The maximum Gasteiger partial charge on any atom is 0.292 e. The predicted octanol–water partition coefficient (Wildman–Crippen LogP) is 0.769. The van der Waals surface area contributed by atoms with Crippen molar-refractivity contribution in [2.75, 3.05) is 25.5 Å². The van der Waals surface area contributed by atoms with E-state index < -0.39 is 4.92 Å². The smallest absolute Gasteiger partial charge is 0.292 e. The number of carbonyl (C=O) groups is 1. The average Bonchev–Trinajstić information content (AvgIpc) is 2.37. The van der Waals surface area contributed by atoms with Crippen LogP contribution in [0, 0.1) is 10.1 Å². The second-order valence-corrected chi connectivity index (χ2v) is 4.60. The molecule has 0 bridgehead atoms. The number of anilines is 1. The molecule has 0 unspecified atom stereocenters. The van der Waals surface area contributed by atoms with E-state index in [1.54, 1.807) is 31.1 Å². The van der Waals surface area contributed by atoms with Crippen molar-refractivity contribution < 1.29 is 9.72 Å². The lowest BCUT2D eigenvalue weighted by molar-refractivity contribution is -0.384. The van der Waals surface area contributed by atoms with Crippen LogP contribution in [-0.4, -0.2) is 31.5 Å². The van der Waals surface area contributed by atoms with Gasteiger partial charge in [-0.3, -0.25) is 20.2 Å². The molecule has 7 heteroatoms. The number of carbonyl (C=O) groups excluding carboxylic acids is 1. The summed E-state index contributed by atoms with van der Waals surface area (Å²) in [6, 6.07) is 4.97. The van der Waals surface area contributed by atoms with E-state index in [0.717, 1.165) is 0 Å². The first-order valence-electron chi connectivity index (χ1n) is 5.97. The summed E-state index contributed by atoms with van der Waals surface area (Å²) in [6.07, 6.45) is 0.0603. The highest BCUT2D eigenvalue weighted by Crippen LogP contribution is 2.29. The number of benzene rings is 1. The molecule has 0 saturated carbocycles. The molecule has 7 nitrogen and oxygen atoms in total. The molecule has 0 radical (unpaired) electrons. The van der Waals surface area contributed by atoms with E-state index in [1.165, 1.54) is 6.07 Å². The van der Waals surface area contributed by atoms with Gasteiger partial charge >= 0.3 is 0 Å². The van der Waals surface area contributed by atoms with Gasteiger partial charge in [-0.2, -0.15) is 0 Å². The van der Waals surface area contributed by atoms with Crippen molar-refractivity contribution in [2.45, 2.75) is 12.6 Å². The van der Waals surface area contributed by atoms with Crippen molar-refractivity contribution in [3.63, 3.8) is 0 Å². The highest BCUT2D eigenvalue weighted by molar-refractivity contribution is 5.77. The van der Waals surface area contributed by atoms with Gasteiger partial charge in [-0.15, -0.1) is 0 Å². The maximum atomic E-state index is 11.3. The van der Waals surface area contributed by atoms with Gasteiger partial charge in [0.15, 0.2) is 0 Å². The topological polar surface area (TPSA) is 87.5 Å². The quantitative estimate of drug-likeness (QED) is 0.622. The van der Waals surface area contributed by atoms with E-state index in [1.807, 2.05) is 0 Å². The lowest BCUT2D eigenvalue weighted by Crippen LogP contribution is -2.44. The molecule has 1 fully saturated rings. The summed E-state index contributed by atoms with van der Waals surface area (Å²) in [6.45, 7) is 0.569. The zero-order valence-electron chi connectivity index (χ0n) is 10.8. The second-order valence-electron chi connectivity index (χ2n) is 4.60. The molecule has 1 amide bonds. The minimum atomic E-state index is -0.413. The Morgan fingerprint density at radius 3 is 2.74 bits per heavy atom. The van der Waals surface area contributed by atoms with Gasteiger partial charge in [0.25, 0.3) is 5.69 Å². The van der Waals surface area contributed by atoms with E-state index in [0.29, 0.717) is 24.2 Å². The molecule has 1 aliphatic heterocycles. The number of nitrogens with zero attached hydrogens (tertiary/aromatic N) is 2. The Morgan fingerprint density at radius 2 is 2.16 bits per heavy atom. The van der Waals surface area contributed by atoms with E-state index in [-0.39, 0.29) is 17.8 Å². The first-order chi connectivity index (χ1) is 8.99. The van der Waals surface area contributed by atoms with E-state index in [9.17, 15) is 14.9 Å². The molecule has 2 rings (SSSR count). The Hall–Kier alpha value is -2.15. The SMILES string of the molecule is CN(C)c1ccc([C@@H]2NCCC(=O)N2)cc1[N+](=O)[O-]. The Labute approximate surface area is 110 Å². The van der Waals surface area contributed by atoms with Gasteiger partial charge in [0.1, 0.15) is 11.9 Å². The molecule has 1 aromatic carbocycles. The lowest BCUT2D eigenvalue weighted by atomic mass is 10.1. The molecule has 19 heavy (non-hydrogen) atoms. The molecule has 102 valence electrons. The van der Waals surface area contributed by atoms with Crippen LogP contribution < -0.4 is 15.5 Å². The van der Waals surface area contributed by atoms with Crippen molar-refractivity contribution in [3.8, 4) is 0 Å². The summed E-state index contributed by atoms with van der Waals surface area (Å²) in [4.78, 5) is 23.7. The van der Waals surface area contributed by atoms with E-state index >= 15 is 0 Å². The fraction of sp³-hybridized carbons (Fsp3) is 0.417. The minimum absolute atomic E-state index is 0.0316. The molecule has 0 spiro atoms. The minimum Gasteiger partial charge on any atom is -0.372 e. The third-order valence-electron chi connectivity index (χ3n) is 3.02. The van der Waals surface area contributed by atoms with Gasteiger partial charge in [-0.1, -0.05) is 6.07 Å². The van der Waals surface area contributed by atoms with Gasteiger partial charge in [-0.25, -0.2) is 0 Å². The monoisotopic (exact) mass is 264 g/mol. The lowest BCUT2D eigenvalue weighted by Gasteiger charge is -2.25. The Morgan fingerprint density at radius 1 is 1.42 bits per heavy atom. The zero-order valence-corrected chi connectivity index (χ0v) is 10.8. The van der Waals surface area contributed by atoms with Crippen LogP contribution in [0.25, 0.3) is 0 Å². The molecule has 2 N–H and O–H groups in total. The standard InChI is InChI=1S/C12H16N4O3/c1-15(2)9-4-3-8(7-10(9)16(18)19)12-13-6-5-11(17)14-12/h3-4,7,12-13H,5-6H2,1-2H3,(H,14,17)/t12-/m1/s1. The largest absolute Gasteiger partial charge is 0.372 e. The van der Waals surface area contributed by atoms with Crippen LogP contribution in [0.15, 0.2) is 18.2 Å². The third-order valence-corrected chi connectivity index (χ3v) is 3.02. The molecule has 0 aliphatic carbocycles. The average molecular weight is 264 g/mol. The predicted molar refractivity (Wildman–Crippen MR) is 70.9 cm³/mol. The summed E-state index contributed by atoms with van der Waals surface area (Å²) in [7, 11) is 3.51. The van der Waals surface area contributed by atoms with Crippen LogP contribution in [-0.2, 0) is 4.79 Å². The summed E-state index contributed by atoms with van der Waals surface area (Å²) in [5.41, 5.74) is 1.25.